The zero-order chi connectivity index (χ0) is 20.7. The summed E-state index contributed by atoms with van der Waals surface area (Å²) in [5, 5.41) is -0.0253. The van der Waals surface area contributed by atoms with Gasteiger partial charge in [0, 0.05) is 14.1 Å². The maximum Gasteiger partial charge on any atom is 0.332 e. The quantitative estimate of drug-likeness (QED) is 0.568. The summed E-state index contributed by atoms with van der Waals surface area (Å²) in [5.41, 5.74) is -0.782. The molecule has 0 aliphatic heterocycles. The van der Waals surface area contributed by atoms with Crippen LogP contribution in [0.5, 0.6) is 0 Å². The lowest BCUT2D eigenvalue weighted by molar-refractivity contribution is -0.156. The van der Waals surface area contributed by atoms with Crippen molar-refractivity contribution in [2.45, 2.75) is 52.7 Å². The second kappa shape index (κ2) is 7.73. The largest absolute Gasteiger partial charge is 0.461 e. The summed E-state index contributed by atoms with van der Waals surface area (Å²) in [5.74, 6) is 0.794. The van der Waals surface area contributed by atoms with Gasteiger partial charge in [0.1, 0.15) is 12.6 Å². The first-order chi connectivity index (χ1) is 13.1. The van der Waals surface area contributed by atoms with Crippen LogP contribution >= 0.6 is 11.6 Å². The normalized spacial score (nSPS) is 22.8. The molecule has 0 amide bonds. The first-order valence-electron chi connectivity index (χ1n) is 9.63. The summed E-state index contributed by atoms with van der Waals surface area (Å²) >= 11 is 6.19. The first-order valence-corrected chi connectivity index (χ1v) is 10.0. The van der Waals surface area contributed by atoms with Gasteiger partial charge in [-0.15, -0.1) is 0 Å². The molecule has 9 heteroatoms. The number of hydrogen-bond acceptors (Lipinski definition) is 5. The molecule has 28 heavy (non-hydrogen) atoms. The van der Waals surface area contributed by atoms with Gasteiger partial charge in [0.15, 0.2) is 11.2 Å². The van der Waals surface area contributed by atoms with Gasteiger partial charge in [-0.3, -0.25) is 23.3 Å². The van der Waals surface area contributed by atoms with Crippen LogP contribution in [0.1, 0.15) is 40.0 Å². The second-order valence-electron chi connectivity index (χ2n) is 8.20. The molecule has 0 radical (unpaired) electrons. The maximum atomic E-state index is 12.7. The van der Waals surface area contributed by atoms with Crippen molar-refractivity contribution in [2.75, 3.05) is 0 Å². The fraction of sp³-hybridized carbons (Fsp3) is 0.684. The van der Waals surface area contributed by atoms with Gasteiger partial charge in [-0.1, -0.05) is 27.2 Å². The predicted molar refractivity (Wildman–Crippen MR) is 106 cm³/mol. The Labute approximate surface area is 168 Å². The number of esters is 1. The number of rotatable bonds is 4. The van der Waals surface area contributed by atoms with Crippen LogP contribution in [-0.2, 0) is 30.2 Å². The van der Waals surface area contributed by atoms with Gasteiger partial charge in [-0.2, -0.15) is 4.98 Å². The van der Waals surface area contributed by atoms with Gasteiger partial charge < -0.3 is 4.74 Å². The number of aromatic nitrogens is 4. The molecule has 2 aromatic rings. The molecule has 1 fully saturated rings. The molecular weight excluding hydrogens is 384 g/mol. The number of hydrogen-bond donors (Lipinski definition) is 0. The van der Waals surface area contributed by atoms with Crippen molar-refractivity contribution in [3.8, 4) is 0 Å². The number of halogens is 1. The van der Waals surface area contributed by atoms with Gasteiger partial charge in [-0.25, -0.2) is 4.79 Å². The summed E-state index contributed by atoms with van der Waals surface area (Å²) in [4.78, 5) is 41.4. The molecule has 1 saturated carbocycles. The van der Waals surface area contributed by atoms with E-state index >= 15 is 0 Å². The second-order valence-corrected chi connectivity index (χ2v) is 8.54. The number of ether oxygens (including phenoxy) is 1. The zero-order valence-corrected chi connectivity index (χ0v) is 17.7. The molecule has 0 aromatic carbocycles. The van der Waals surface area contributed by atoms with E-state index in [0.29, 0.717) is 17.8 Å². The Morgan fingerprint density at radius 3 is 2.57 bits per heavy atom. The molecule has 1 aliphatic rings. The van der Waals surface area contributed by atoms with Crippen LogP contribution in [0.15, 0.2) is 9.59 Å². The Bertz CT molecular complexity index is 1020. The topological polar surface area (TPSA) is 88.1 Å². The molecule has 1 aliphatic carbocycles. The Hall–Kier alpha value is -2.09. The number of carbonyl (C=O) groups is 1. The minimum Gasteiger partial charge on any atom is -0.461 e. The molecule has 154 valence electrons. The highest BCUT2D eigenvalue weighted by molar-refractivity contribution is 6.29. The Kier molecular flexibility index (Phi) is 5.70. The van der Waals surface area contributed by atoms with Crippen molar-refractivity contribution >= 4 is 28.7 Å². The van der Waals surface area contributed by atoms with Crippen molar-refractivity contribution in [2.24, 2.45) is 31.8 Å². The molecule has 0 N–H and O–H groups in total. The minimum absolute atomic E-state index is 0.0253. The molecular formula is C19H27ClN4O4. The molecule has 3 atom stereocenters. The lowest BCUT2D eigenvalue weighted by Crippen LogP contribution is -2.38. The Balaban J connectivity index is 1.90. The van der Waals surface area contributed by atoms with E-state index in [1.807, 2.05) is 0 Å². The monoisotopic (exact) mass is 410 g/mol. The highest BCUT2D eigenvalue weighted by atomic mass is 35.5. The summed E-state index contributed by atoms with van der Waals surface area (Å²) in [6.07, 6.45) is 2.87. The number of fused-ring (bicyclic) bond motifs is 1. The van der Waals surface area contributed by atoms with Crippen LogP contribution in [0, 0.1) is 17.8 Å². The van der Waals surface area contributed by atoms with E-state index < -0.39 is 17.2 Å². The van der Waals surface area contributed by atoms with Crippen LogP contribution < -0.4 is 11.2 Å². The highest BCUT2D eigenvalue weighted by Gasteiger charge is 2.33. The lowest BCUT2D eigenvalue weighted by Gasteiger charge is -2.36. The molecule has 0 spiro atoms. The van der Waals surface area contributed by atoms with Gasteiger partial charge in [-0.05, 0) is 42.2 Å². The molecule has 0 saturated heterocycles. The summed E-state index contributed by atoms with van der Waals surface area (Å²) < 4.78 is 9.34. The summed E-state index contributed by atoms with van der Waals surface area (Å²) in [7, 11) is 2.89. The van der Waals surface area contributed by atoms with E-state index in [1.54, 1.807) is 0 Å². The van der Waals surface area contributed by atoms with Gasteiger partial charge in [0.05, 0.1) is 0 Å². The van der Waals surface area contributed by atoms with E-state index in [-0.39, 0.29) is 29.1 Å². The number of carbonyl (C=O) groups excluding carboxylic acids is 1. The van der Waals surface area contributed by atoms with Crippen LogP contribution in [-0.4, -0.2) is 30.8 Å². The third-order valence-electron chi connectivity index (χ3n) is 5.83. The molecule has 2 heterocycles. The zero-order valence-electron chi connectivity index (χ0n) is 16.9. The Morgan fingerprint density at radius 2 is 1.93 bits per heavy atom. The van der Waals surface area contributed by atoms with Crippen LogP contribution in [0.3, 0.4) is 0 Å². The number of imidazole rings is 1. The average molecular weight is 411 g/mol. The van der Waals surface area contributed by atoms with Gasteiger partial charge in [0.25, 0.3) is 5.56 Å². The van der Waals surface area contributed by atoms with Crippen molar-refractivity contribution < 1.29 is 9.53 Å². The van der Waals surface area contributed by atoms with Crippen LogP contribution in [0.4, 0.5) is 0 Å². The number of aryl methyl sites for hydroxylation is 1. The maximum absolute atomic E-state index is 12.7. The standard InChI is InChI=1S/C19H27ClN4O4/c1-10(2)12-7-6-11(3)8-13(12)28-14(25)9-24-15-16(21-18(24)20)22(4)19(27)23(5)17(15)26/h10-13H,6-9H2,1-5H3/t11-,12+,13-/m1/s1. The van der Waals surface area contributed by atoms with Gasteiger partial charge >= 0.3 is 11.7 Å². The summed E-state index contributed by atoms with van der Waals surface area (Å²) in [6.45, 7) is 6.23. The predicted octanol–water partition coefficient (Wildman–Crippen LogP) is 2.09. The fourth-order valence-electron chi connectivity index (χ4n) is 4.15. The number of nitrogens with zero attached hydrogens (tertiary/aromatic N) is 4. The van der Waals surface area contributed by atoms with Crippen molar-refractivity contribution in [1.29, 1.82) is 0 Å². The molecule has 0 bridgehead atoms. The van der Waals surface area contributed by atoms with Crippen molar-refractivity contribution in [3.63, 3.8) is 0 Å². The van der Waals surface area contributed by atoms with Crippen molar-refractivity contribution in [1.82, 2.24) is 18.7 Å². The SMILES string of the molecule is CC(C)[C@@H]1CC[C@@H](C)C[C@H]1OC(=O)Cn1c(Cl)nc2c1c(=O)n(C)c(=O)n2C. The summed E-state index contributed by atoms with van der Waals surface area (Å²) in [6, 6.07) is 0. The van der Waals surface area contributed by atoms with Gasteiger partial charge in [0.2, 0.25) is 5.28 Å². The first kappa shape index (κ1) is 20.6. The molecule has 2 aromatic heterocycles. The van der Waals surface area contributed by atoms with Crippen LogP contribution in [0.2, 0.25) is 5.28 Å². The Morgan fingerprint density at radius 1 is 1.25 bits per heavy atom. The van der Waals surface area contributed by atoms with E-state index in [9.17, 15) is 14.4 Å². The smallest absolute Gasteiger partial charge is 0.332 e. The average Bonchev–Trinajstić information content (AvgIpc) is 2.94. The van der Waals surface area contributed by atoms with E-state index in [1.165, 1.54) is 23.2 Å². The van der Waals surface area contributed by atoms with E-state index in [0.717, 1.165) is 23.8 Å². The molecule has 8 nitrogen and oxygen atoms in total. The third kappa shape index (κ3) is 3.62. The third-order valence-corrected chi connectivity index (χ3v) is 6.12. The fourth-order valence-corrected chi connectivity index (χ4v) is 4.37. The van der Waals surface area contributed by atoms with E-state index in [4.69, 9.17) is 16.3 Å². The molecule has 0 unspecified atom stereocenters. The van der Waals surface area contributed by atoms with Crippen molar-refractivity contribution in [3.05, 3.63) is 26.1 Å². The minimum atomic E-state index is -0.545. The van der Waals surface area contributed by atoms with E-state index in [2.05, 4.69) is 25.8 Å². The highest BCUT2D eigenvalue weighted by Crippen LogP contribution is 2.35. The molecule has 3 rings (SSSR count). The lowest BCUT2D eigenvalue weighted by atomic mass is 9.75. The van der Waals surface area contributed by atoms with Crippen LogP contribution in [0.25, 0.3) is 11.2 Å².